The van der Waals surface area contributed by atoms with Crippen LogP contribution in [0.2, 0.25) is 0 Å². The van der Waals surface area contributed by atoms with Gasteiger partial charge < -0.3 is 10.1 Å². The number of amides is 1. The molecule has 10 heteroatoms. The van der Waals surface area contributed by atoms with Gasteiger partial charge in [-0.2, -0.15) is 13.2 Å². The highest BCUT2D eigenvalue weighted by molar-refractivity contribution is 7.92. The van der Waals surface area contributed by atoms with Crippen molar-refractivity contribution in [2.24, 2.45) is 0 Å². The zero-order valence-corrected chi connectivity index (χ0v) is 18.0. The molecule has 0 bridgehead atoms. The molecule has 0 aliphatic carbocycles. The number of ether oxygens (including phenoxy) is 1. The molecular formula is C22H21F3N2O4S. The minimum atomic E-state index is -4.49. The second kappa shape index (κ2) is 8.16. The average Bonchev–Trinajstić information content (AvgIpc) is 2.92. The van der Waals surface area contributed by atoms with Crippen molar-refractivity contribution >= 4 is 32.9 Å². The fraction of sp³-hybridized carbons (Fsp3) is 0.318. The van der Waals surface area contributed by atoms with E-state index in [1.54, 1.807) is 18.2 Å². The predicted molar refractivity (Wildman–Crippen MR) is 115 cm³/mol. The van der Waals surface area contributed by atoms with Gasteiger partial charge in [0.15, 0.2) is 0 Å². The van der Waals surface area contributed by atoms with Crippen LogP contribution in [0.4, 0.5) is 24.5 Å². The molecule has 6 nitrogen and oxygen atoms in total. The summed E-state index contributed by atoms with van der Waals surface area (Å²) in [6, 6.07) is 8.29. The fourth-order valence-corrected chi connectivity index (χ4v) is 5.11. The number of hydrogen-bond acceptors (Lipinski definition) is 4. The molecule has 4 rings (SSSR count). The Hall–Kier alpha value is -3.01. The van der Waals surface area contributed by atoms with Gasteiger partial charge in [-0.05, 0) is 49.1 Å². The number of nitrogens with zero attached hydrogens (tertiary/aromatic N) is 1. The number of anilines is 2. The maximum atomic E-state index is 13.0. The van der Waals surface area contributed by atoms with Gasteiger partial charge in [-0.15, -0.1) is 0 Å². The summed E-state index contributed by atoms with van der Waals surface area (Å²) >= 11 is 0. The van der Waals surface area contributed by atoms with Crippen LogP contribution in [-0.2, 0) is 27.4 Å². The van der Waals surface area contributed by atoms with Crippen LogP contribution in [0.1, 0.15) is 29.5 Å². The minimum Gasteiger partial charge on any atom is -0.493 e. The van der Waals surface area contributed by atoms with E-state index in [-0.39, 0.29) is 24.5 Å². The Morgan fingerprint density at radius 3 is 2.72 bits per heavy atom. The van der Waals surface area contributed by atoms with Crippen LogP contribution in [0, 0.1) is 0 Å². The van der Waals surface area contributed by atoms with Gasteiger partial charge in [0, 0.05) is 29.9 Å². The molecule has 0 spiro atoms. The number of hydrogen-bond donors (Lipinski definition) is 1. The molecule has 0 aromatic heterocycles. The molecule has 170 valence electrons. The highest BCUT2D eigenvalue weighted by Gasteiger charge is 2.32. The van der Waals surface area contributed by atoms with Crippen molar-refractivity contribution in [3.05, 3.63) is 59.2 Å². The summed E-state index contributed by atoms with van der Waals surface area (Å²) in [5, 5.41) is 2.79. The number of carbonyl (C=O) groups is 1. The van der Waals surface area contributed by atoms with Crippen molar-refractivity contribution in [3.8, 4) is 5.75 Å². The fourth-order valence-electron chi connectivity index (χ4n) is 3.91. The molecule has 2 aliphatic rings. The highest BCUT2D eigenvalue weighted by atomic mass is 32.2. The van der Waals surface area contributed by atoms with Crippen LogP contribution in [0.3, 0.4) is 0 Å². The third kappa shape index (κ3) is 4.32. The average molecular weight is 466 g/mol. The molecule has 2 aliphatic heterocycles. The second-order valence-corrected chi connectivity index (χ2v) is 9.78. The quantitative estimate of drug-likeness (QED) is 0.673. The normalized spacial score (nSPS) is 18.9. The largest absolute Gasteiger partial charge is 0.493 e. The molecule has 0 atom stereocenters. The Morgan fingerprint density at radius 1 is 1.19 bits per heavy atom. The number of alkyl halides is 3. The van der Waals surface area contributed by atoms with Gasteiger partial charge in [0.1, 0.15) is 5.75 Å². The molecule has 0 unspecified atom stereocenters. The van der Waals surface area contributed by atoms with Gasteiger partial charge in [-0.3, -0.25) is 9.10 Å². The lowest BCUT2D eigenvalue weighted by Gasteiger charge is -2.28. The van der Waals surface area contributed by atoms with Gasteiger partial charge in [-0.1, -0.05) is 12.1 Å². The predicted octanol–water partition coefficient (Wildman–Crippen LogP) is 4.22. The third-order valence-electron chi connectivity index (χ3n) is 5.58. The lowest BCUT2D eigenvalue weighted by Crippen LogP contribution is -2.34. The van der Waals surface area contributed by atoms with Gasteiger partial charge in [0.25, 0.3) is 0 Å². The van der Waals surface area contributed by atoms with E-state index in [2.05, 4.69) is 5.32 Å². The van der Waals surface area contributed by atoms with Crippen LogP contribution in [-0.4, -0.2) is 33.7 Å². The SMILES string of the molecule is CN1c2cccc(NC(=O)C=C3CCCOc4cc(C(F)(F)F)ccc43)c2CCS1(=O)=O. The van der Waals surface area contributed by atoms with E-state index >= 15 is 0 Å². The third-order valence-corrected chi connectivity index (χ3v) is 7.34. The molecule has 2 heterocycles. The molecular weight excluding hydrogens is 445 g/mol. The van der Waals surface area contributed by atoms with Crippen molar-refractivity contribution in [2.45, 2.75) is 25.4 Å². The minimum absolute atomic E-state index is 0.0588. The van der Waals surface area contributed by atoms with Crippen LogP contribution >= 0.6 is 0 Å². The van der Waals surface area contributed by atoms with Gasteiger partial charge >= 0.3 is 6.18 Å². The highest BCUT2D eigenvalue weighted by Crippen LogP contribution is 2.38. The standard InChI is InChI=1S/C22H21F3N2O4S/c1-27-19-6-2-5-18(17(19)9-11-32(27,29)30)26-21(28)12-14-4-3-10-31-20-13-15(22(23,24)25)7-8-16(14)20/h2,5-8,12-13H,3-4,9-11H2,1H3,(H,26,28). The zero-order valence-electron chi connectivity index (χ0n) is 17.2. The smallest absolute Gasteiger partial charge is 0.416 e. The Bertz CT molecular complexity index is 1210. The van der Waals surface area contributed by atoms with Gasteiger partial charge in [-0.25, -0.2) is 8.42 Å². The Kier molecular flexibility index (Phi) is 5.66. The molecule has 1 N–H and O–H groups in total. The molecule has 0 saturated carbocycles. The first-order valence-corrected chi connectivity index (χ1v) is 11.6. The van der Waals surface area contributed by atoms with E-state index in [0.29, 0.717) is 35.4 Å². The zero-order chi connectivity index (χ0) is 23.1. The number of rotatable bonds is 2. The summed E-state index contributed by atoms with van der Waals surface area (Å²) in [6.45, 7) is 0.250. The Morgan fingerprint density at radius 2 is 1.97 bits per heavy atom. The summed E-state index contributed by atoms with van der Waals surface area (Å²) in [5.74, 6) is -0.408. The van der Waals surface area contributed by atoms with E-state index in [0.717, 1.165) is 17.7 Å². The molecule has 1 amide bonds. The topological polar surface area (TPSA) is 75.7 Å². The Labute approximate surface area is 183 Å². The monoisotopic (exact) mass is 466 g/mol. The number of halogens is 3. The second-order valence-electron chi connectivity index (χ2n) is 7.66. The van der Waals surface area contributed by atoms with Crippen molar-refractivity contribution in [3.63, 3.8) is 0 Å². The maximum Gasteiger partial charge on any atom is 0.416 e. The van der Waals surface area contributed by atoms with Gasteiger partial charge in [0.05, 0.1) is 23.6 Å². The van der Waals surface area contributed by atoms with Crippen molar-refractivity contribution in [1.82, 2.24) is 0 Å². The van der Waals surface area contributed by atoms with Crippen LogP contribution < -0.4 is 14.4 Å². The summed E-state index contributed by atoms with van der Waals surface area (Å²) in [7, 11) is -1.91. The molecule has 0 fully saturated rings. The first kappa shape index (κ1) is 22.2. The molecule has 32 heavy (non-hydrogen) atoms. The summed E-state index contributed by atoms with van der Waals surface area (Å²) < 4.78 is 70.1. The molecule has 0 saturated heterocycles. The van der Waals surface area contributed by atoms with Crippen LogP contribution in [0.25, 0.3) is 5.57 Å². The lowest BCUT2D eigenvalue weighted by atomic mass is 9.99. The molecule has 2 aromatic carbocycles. The summed E-state index contributed by atoms with van der Waals surface area (Å²) in [4.78, 5) is 12.8. The van der Waals surface area contributed by atoms with E-state index in [1.807, 2.05) is 0 Å². The van der Waals surface area contributed by atoms with Crippen LogP contribution in [0.5, 0.6) is 5.75 Å². The van der Waals surface area contributed by atoms with E-state index < -0.39 is 27.7 Å². The first-order chi connectivity index (χ1) is 15.1. The van der Waals surface area contributed by atoms with E-state index in [9.17, 15) is 26.4 Å². The lowest BCUT2D eigenvalue weighted by molar-refractivity contribution is -0.137. The van der Waals surface area contributed by atoms with Crippen molar-refractivity contribution < 1.29 is 31.1 Å². The van der Waals surface area contributed by atoms with E-state index in [1.165, 1.54) is 23.5 Å². The Balaban J connectivity index is 1.63. The van der Waals surface area contributed by atoms with Crippen LogP contribution in [0.15, 0.2) is 42.5 Å². The molecule has 0 radical (unpaired) electrons. The van der Waals surface area contributed by atoms with Crippen molar-refractivity contribution in [2.75, 3.05) is 29.0 Å². The summed E-state index contributed by atoms with van der Waals surface area (Å²) in [6.07, 6.45) is -1.83. The number of sulfonamides is 1. The van der Waals surface area contributed by atoms with E-state index in [4.69, 9.17) is 4.74 Å². The first-order valence-electron chi connectivity index (χ1n) is 10.0. The van der Waals surface area contributed by atoms with Gasteiger partial charge in [0.2, 0.25) is 15.9 Å². The maximum absolute atomic E-state index is 13.0. The number of nitrogens with one attached hydrogen (secondary N) is 1. The number of allylic oxidation sites excluding steroid dienone is 1. The van der Waals surface area contributed by atoms with Crippen molar-refractivity contribution in [1.29, 1.82) is 0 Å². The summed E-state index contributed by atoms with van der Waals surface area (Å²) in [5.41, 5.74) is 1.95. The number of carbonyl (C=O) groups excluding carboxylic acids is 1. The molecule has 2 aromatic rings. The number of fused-ring (bicyclic) bond motifs is 2. The number of benzene rings is 2.